The number of rotatable bonds is 40. The van der Waals surface area contributed by atoms with E-state index in [1.807, 2.05) is 0 Å². The van der Waals surface area contributed by atoms with Crippen LogP contribution in [-0.4, -0.2) is 54.5 Å². The van der Waals surface area contributed by atoms with Crippen molar-refractivity contribution >= 4 is 11.9 Å². The average molecular weight is 696 g/mol. The Morgan fingerprint density at radius 3 is 1.31 bits per heavy atom. The third-order valence-corrected chi connectivity index (χ3v) is 9.98. The monoisotopic (exact) mass is 696 g/mol. The number of carbonyl (C=O) groups excluding carboxylic acids is 2. The fraction of sp³-hybridized carbons (Fsp3) is 0.953. The maximum absolute atomic E-state index is 12.6. The number of carbonyl (C=O) groups is 2. The van der Waals surface area contributed by atoms with Gasteiger partial charge in [0, 0.05) is 25.9 Å². The SMILES string of the molecule is CCCCCCCCCCCOC(=O)CCCCCN(CO)CCCCCCCC(=O)OC(CCCCCCCC)CCCCCCCC. The smallest absolute Gasteiger partial charge is 0.306 e. The number of ether oxygens (including phenoxy) is 2. The molecule has 49 heavy (non-hydrogen) atoms. The number of nitrogens with zero attached hydrogens (tertiary/aromatic N) is 1. The van der Waals surface area contributed by atoms with Crippen molar-refractivity contribution in [1.82, 2.24) is 4.90 Å². The molecule has 0 bridgehead atoms. The van der Waals surface area contributed by atoms with Crippen LogP contribution in [-0.2, 0) is 19.1 Å². The lowest BCUT2D eigenvalue weighted by Crippen LogP contribution is -2.27. The first kappa shape index (κ1) is 47.9. The van der Waals surface area contributed by atoms with E-state index < -0.39 is 0 Å². The second kappa shape index (κ2) is 39.6. The van der Waals surface area contributed by atoms with Crippen molar-refractivity contribution in [1.29, 1.82) is 0 Å². The third kappa shape index (κ3) is 36.5. The highest BCUT2D eigenvalue weighted by molar-refractivity contribution is 5.69. The zero-order valence-corrected chi connectivity index (χ0v) is 33.3. The molecule has 0 atom stereocenters. The largest absolute Gasteiger partial charge is 0.466 e. The lowest BCUT2D eigenvalue weighted by Gasteiger charge is -2.19. The van der Waals surface area contributed by atoms with E-state index in [1.165, 1.54) is 122 Å². The molecule has 0 aromatic rings. The standard InChI is InChI=1S/C43H85NO5/c1-4-7-10-13-16-17-18-24-32-39-48-42(46)35-29-25-31-38-44(40-45)37-30-23-19-22-28-36-43(47)49-41(33-26-20-14-11-8-5-2)34-27-21-15-12-9-6-3/h41,45H,4-40H2,1-3H3. The molecule has 0 fully saturated rings. The minimum Gasteiger partial charge on any atom is -0.466 e. The minimum atomic E-state index is -0.0620. The molecule has 0 aromatic heterocycles. The van der Waals surface area contributed by atoms with Gasteiger partial charge in [-0.25, -0.2) is 0 Å². The van der Waals surface area contributed by atoms with E-state index in [-0.39, 0.29) is 24.8 Å². The molecule has 292 valence electrons. The molecule has 0 unspecified atom stereocenters. The van der Waals surface area contributed by atoms with E-state index in [0.29, 0.717) is 19.4 Å². The highest BCUT2D eigenvalue weighted by Crippen LogP contribution is 2.18. The number of aliphatic hydroxyl groups is 1. The Bertz CT molecular complexity index is 671. The lowest BCUT2D eigenvalue weighted by atomic mass is 10.0. The molecule has 0 saturated heterocycles. The van der Waals surface area contributed by atoms with Crippen LogP contribution in [0.15, 0.2) is 0 Å². The van der Waals surface area contributed by atoms with Gasteiger partial charge in [-0.3, -0.25) is 14.5 Å². The maximum Gasteiger partial charge on any atom is 0.306 e. The highest BCUT2D eigenvalue weighted by Gasteiger charge is 2.14. The molecule has 6 nitrogen and oxygen atoms in total. The summed E-state index contributed by atoms with van der Waals surface area (Å²) in [5.74, 6) is -0.0616. The van der Waals surface area contributed by atoms with Gasteiger partial charge in [0.2, 0.25) is 0 Å². The van der Waals surface area contributed by atoms with Gasteiger partial charge in [0.15, 0.2) is 0 Å². The van der Waals surface area contributed by atoms with Gasteiger partial charge in [0.05, 0.1) is 13.3 Å². The summed E-state index contributed by atoms with van der Waals surface area (Å²) in [7, 11) is 0. The zero-order chi connectivity index (χ0) is 35.9. The van der Waals surface area contributed by atoms with Crippen LogP contribution in [0.5, 0.6) is 0 Å². The van der Waals surface area contributed by atoms with Gasteiger partial charge in [-0.05, 0) is 57.8 Å². The molecule has 0 aliphatic rings. The van der Waals surface area contributed by atoms with Gasteiger partial charge < -0.3 is 14.6 Å². The molecule has 0 rings (SSSR count). The van der Waals surface area contributed by atoms with E-state index in [4.69, 9.17) is 9.47 Å². The Balaban J connectivity index is 3.86. The number of aliphatic hydroxyl groups excluding tert-OH is 1. The predicted molar refractivity (Wildman–Crippen MR) is 209 cm³/mol. The van der Waals surface area contributed by atoms with Crippen LogP contribution in [0.3, 0.4) is 0 Å². The lowest BCUT2D eigenvalue weighted by molar-refractivity contribution is -0.150. The van der Waals surface area contributed by atoms with Crippen molar-refractivity contribution in [2.45, 2.75) is 239 Å². The molecular formula is C43H85NO5. The first-order valence-electron chi connectivity index (χ1n) is 21.8. The molecule has 0 heterocycles. The average Bonchev–Trinajstić information content (AvgIpc) is 3.10. The van der Waals surface area contributed by atoms with E-state index in [0.717, 1.165) is 90.1 Å². The number of unbranched alkanes of at least 4 members (excludes halogenated alkanes) is 24. The normalized spacial score (nSPS) is 11.6. The zero-order valence-electron chi connectivity index (χ0n) is 33.3. The quantitative estimate of drug-likeness (QED) is 0.0391. The first-order valence-corrected chi connectivity index (χ1v) is 21.8. The first-order chi connectivity index (χ1) is 24.1. The summed E-state index contributed by atoms with van der Waals surface area (Å²) in [6.45, 7) is 9.19. The van der Waals surface area contributed by atoms with Crippen molar-refractivity contribution in [3.05, 3.63) is 0 Å². The summed E-state index contributed by atoms with van der Waals surface area (Å²) in [6, 6.07) is 0. The molecular weight excluding hydrogens is 610 g/mol. The van der Waals surface area contributed by atoms with Crippen LogP contribution < -0.4 is 0 Å². The van der Waals surface area contributed by atoms with Crippen molar-refractivity contribution < 1.29 is 24.2 Å². The Kier molecular flexibility index (Phi) is 38.7. The van der Waals surface area contributed by atoms with Gasteiger partial charge in [-0.2, -0.15) is 0 Å². The van der Waals surface area contributed by atoms with E-state index >= 15 is 0 Å². The molecule has 0 saturated carbocycles. The fourth-order valence-electron chi connectivity index (χ4n) is 6.65. The Morgan fingerprint density at radius 1 is 0.469 bits per heavy atom. The number of esters is 2. The summed E-state index contributed by atoms with van der Waals surface area (Å²) in [5, 5.41) is 9.77. The van der Waals surface area contributed by atoms with Crippen LogP contribution >= 0.6 is 0 Å². The van der Waals surface area contributed by atoms with E-state index in [2.05, 4.69) is 25.7 Å². The molecule has 0 aliphatic carbocycles. The van der Waals surface area contributed by atoms with Crippen LogP contribution in [0.1, 0.15) is 233 Å². The van der Waals surface area contributed by atoms with Gasteiger partial charge in [0.1, 0.15) is 6.10 Å². The van der Waals surface area contributed by atoms with Crippen molar-refractivity contribution in [3.8, 4) is 0 Å². The Hall–Kier alpha value is -1.14. The molecule has 1 N–H and O–H groups in total. The second-order valence-corrected chi connectivity index (χ2v) is 14.9. The van der Waals surface area contributed by atoms with Crippen molar-refractivity contribution in [2.75, 3.05) is 26.4 Å². The summed E-state index contributed by atoms with van der Waals surface area (Å²) in [5.41, 5.74) is 0. The Morgan fingerprint density at radius 2 is 0.837 bits per heavy atom. The van der Waals surface area contributed by atoms with Crippen LogP contribution in [0, 0.1) is 0 Å². The predicted octanol–water partition coefficient (Wildman–Crippen LogP) is 12.6. The van der Waals surface area contributed by atoms with Gasteiger partial charge in [-0.1, -0.05) is 162 Å². The van der Waals surface area contributed by atoms with Gasteiger partial charge >= 0.3 is 11.9 Å². The second-order valence-electron chi connectivity index (χ2n) is 14.9. The molecule has 0 aliphatic heterocycles. The van der Waals surface area contributed by atoms with Crippen molar-refractivity contribution in [3.63, 3.8) is 0 Å². The summed E-state index contributed by atoms with van der Waals surface area (Å²) in [6.07, 6.45) is 38.1. The van der Waals surface area contributed by atoms with E-state index in [1.54, 1.807) is 0 Å². The van der Waals surface area contributed by atoms with E-state index in [9.17, 15) is 14.7 Å². The third-order valence-electron chi connectivity index (χ3n) is 9.98. The number of hydrogen-bond acceptors (Lipinski definition) is 6. The minimum absolute atomic E-state index is 0.000451. The fourth-order valence-corrected chi connectivity index (χ4v) is 6.65. The van der Waals surface area contributed by atoms with Crippen molar-refractivity contribution in [2.24, 2.45) is 0 Å². The van der Waals surface area contributed by atoms with Gasteiger partial charge in [0.25, 0.3) is 0 Å². The maximum atomic E-state index is 12.6. The molecule has 6 heteroatoms. The summed E-state index contributed by atoms with van der Waals surface area (Å²) in [4.78, 5) is 26.8. The molecule has 0 radical (unpaired) electrons. The highest BCUT2D eigenvalue weighted by atomic mass is 16.5. The number of hydrogen-bond donors (Lipinski definition) is 1. The van der Waals surface area contributed by atoms with Gasteiger partial charge in [-0.15, -0.1) is 0 Å². The molecule has 0 amide bonds. The van der Waals surface area contributed by atoms with Crippen LogP contribution in [0.25, 0.3) is 0 Å². The summed E-state index contributed by atoms with van der Waals surface area (Å²) < 4.78 is 11.4. The molecule has 0 aromatic carbocycles. The van der Waals surface area contributed by atoms with Crippen LogP contribution in [0.2, 0.25) is 0 Å². The molecule has 0 spiro atoms. The summed E-state index contributed by atoms with van der Waals surface area (Å²) >= 11 is 0. The topological polar surface area (TPSA) is 76.1 Å². The Labute approximate surface area is 305 Å². The van der Waals surface area contributed by atoms with Crippen LogP contribution in [0.4, 0.5) is 0 Å².